The Hall–Kier alpha value is -1.91. The zero-order chi connectivity index (χ0) is 15.2. The predicted molar refractivity (Wildman–Crippen MR) is 89.0 cm³/mol. The standard InChI is InChI=1S/C18H23N3O/c22-18-3-1-2-11-21(18)12-8-16-4-6-17(7-5-16)15-20-13-9-19-10-14-20/h1-7,11,19H,8-10,12-15H2. The zero-order valence-corrected chi connectivity index (χ0v) is 12.9. The van der Waals surface area contributed by atoms with Gasteiger partial charge in [-0.15, -0.1) is 0 Å². The normalized spacial score (nSPS) is 15.8. The van der Waals surface area contributed by atoms with E-state index >= 15 is 0 Å². The Morgan fingerprint density at radius 1 is 0.955 bits per heavy atom. The first-order chi connectivity index (χ1) is 10.8. The van der Waals surface area contributed by atoms with E-state index in [0.29, 0.717) is 0 Å². The second-order valence-electron chi connectivity index (χ2n) is 5.82. The monoisotopic (exact) mass is 297 g/mol. The molecular weight excluding hydrogens is 274 g/mol. The van der Waals surface area contributed by atoms with Gasteiger partial charge >= 0.3 is 0 Å². The van der Waals surface area contributed by atoms with E-state index in [2.05, 4.69) is 34.5 Å². The first-order valence-electron chi connectivity index (χ1n) is 7.98. The number of piperazine rings is 1. The fourth-order valence-electron chi connectivity index (χ4n) is 2.83. The summed E-state index contributed by atoms with van der Waals surface area (Å²) in [7, 11) is 0. The highest BCUT2D eigenvalue weighted by Gasteiger charge is 2.09. The van der Waals surface area contributed by atoms with Gasteiger partial charge in [0.25, 0.3) is 5.56 Å². The number of aromatic nitrogens is 1. The van der Waals surface area contributed by atoms with Crippen LogP contribution < -0.4 is 10.9 Å². The first-order valence-corrected chi connectivity index (χ1v) is 7.98. The smallest absolute Gasteiger partial charge is 0.250 e. The molecule has 3 rings (SSSR count). The van der Waals surface area contributed by atoms with Crippen molar-refractivity contribution in [1.29, 1.82) is 0 Å². The van der Waals surface area contributed by atoms with Crippen LogP contribution in [0.5, 0.6) is 0 Å². The number of hydrogen-bond donors (Lipinski definition) is 1. The van der Waals surface area contributed by atoms with Gasteiger partial charge in [0.1, 0.15) is 0 Å². The fraction of sp³-hybridized carbons (Fsp3) is 0.389. The average molecular weight is 297 g/mol. The van der Waals surface area contributed by atoms with Crippen LogP contribution in [0, 0.1) is 0 Å². The van der Waals surface area contributed by atoms with Gasteiger partial charge in [0, 0.05) is 51.5 Å². The van der Waals surface area contributed by atoms with E-state index < -0.39 is 0 Å². The van der Waals surface area contributed by atoms with E-state index in [4.69, 9.17) is 0 Å². The van der Waals surface area contributed by atoms with Crippen LogP contribution in [0.15, 0.2) is 53.5 Å². The summed E-state index contributed by atoms with van der Waals surface area (Å²) in [5, 5.41) is 3.38. The van der Waals surface area contributed by atoms with Gasteiger partial charge in [0.05, 0.1) is 0 Å². The molecular formula is C18H23N3O. The minimum absolute atomic E-state index is 0.0674. The summed E-state index contributed by atoms with van der Waals surface area (Å²) in [5.41, 5.74) is 2.71. The van der Waals surface area contributed by atoms with Crippen molar-refractivity contribution >= 4 is 0 Å². The molecule has 2 aromatic rings. The number of nitrogens with one attached hydrogen (secondary N) is 1. The second-order valence-corrected chi connectivity index (χ2v) is 5.82. The molecule has 0 spiro atoms. The SMILES string of the molecule is O=c1ccccn1CCc1ccc(CN2CCNCC2)cc1. The molecule has 116 valence electrons. The van der Waals surface area contributed by atoms with Crippen LogP contribution in [0.1, 0.15) is 11.1 Å². The van der Waals surface area contributed by atoms with Gasteiger partial charge in [-0.1, -0.05) is 30.3 Å². The molecule has 2 heterocycles. The number of pyridine rings is 1. The Morgan fingerprint density at radius 3 is 2.41 bits per heavy atom. The molecule has 22 heavy (non-hydrogen) atoms. The van der Waals surface area contributed by atoms with Crippen molar-refractivity contribution in [2.75, 3.05) is 26.2 Å². The topological polar surface area (TPSA) is 37.3 Å². The van der Waals surface area contributed by atoms with Crippen LogP contribution in [0.4, 0.5) is 0 Å². The lowest BCUT2D eigenvalue weighted by Crippen LogP contribution is -2.42. The third-order valence-electron chi connectivity index (χ3n) is 4.18. The third-order valence-corrected chi connectivity index (χ3v) is 4.18. The Labute approximate surface area is 131 Å². The van der Waals surface area contributed by atoms with E-state index in [-0.39, 0.29) is 5.56 Å². The number of hydrogen-bond acceptors (Lipinski definition) is 3. The van der Waals surface area contributed by atoms with Gasteiger partial charge in [-0.05, 0) is 23.6 Å². The maximum absolute atomic E-state index is 11.7. The highest BCUT2D eigenvalue weighted by molar-refractivity contribution is 5.22. The molecule has 1 aliphatic heterocycles. The van der Waals surface area contributed by atoms with E-state index in [1.54, 1.807) is 16.7 Å². The minimum Gasteiger partial charge on any atom is -0.315 e. The summed E-state index contributed by atoms with van der Waals surface area (Å²) in [6.07, 6.45) is 2.74. The van der Waals surface area contributed by atoms with Crippen LogP contribution in [-0.4, -0.2) is 35.6 Å². The van der Waals surface area contributed by atoms with E-state index in [9.17, 15) is 4.79 Å². The lowest BCUT2D eigenvalue weighted by Gasteiger charge is -2.27. The Bertz CT molecular complexity index is 642. The first kappa shape index (κ1) is 15.0. The quantitative estimate of drug-likeness (QED) is 0.909. The van der Waals surface area contributed by atoms with Crippen molar-refractivity contribution in [1.82, 2.24) is 14.8 Å². The molecule has 0 bridgehead atoms. The van der Waals surface area contributed by atoms with Gasteiger partial charge < -0.3 is 9.88 Å². The number of aryl methyl sites for hydroxylation is 2. The summed E-state index contributed by atoms with van der Waals surface area (Å²) in [6.45, 7) is 6.18. The van der Waals surface area contributed by atoms with Gasteiger partial charge in [0.2, 0.25) is 0 Å². The van der Waals surface area contributed by atoms with E-state index in [0.717, 1.165) is 45.7 Å². The number of nitrogens with zero attached hydrogens (tertiary/aromatic N) is 2. The third kappa shape index (κ3) is 4.06. The molecule has 1 aromatic heterocycles. The molecule has 0 unspecified atom stereocenters. The van der Waals surface area contributed by atoms with Crippen molar-refractivity contribution in [3.8, 4) is 0 Å². The van der Waals surface area contributed by atoms with Gasteiger partial charge in [-0.2, -0.15) is 0 Å². The summed E-state index contributed by atoms with van der Waals surface area (Å²) in [5.74, 6) is 0. The van der Waals surface area contributed by atoms with Crippen LogP contribution in [0.25, 0.3) is 0 Å². The molecule has 4 heteroatoms. The van der Waals surface area contributed by atoms with Crippen LogP contribution in [0.3, 0.4) is 0 Å². The van der Waals surface area contributed by atoms with Gasteiger partial charge in [-0.25, -0.2) is 0 Å². The molecule has 0 amide bonds. The van der Waals surface area contributed by atoms with Crippen molar-refractivity contribution in [2.45, 2.75) is 19.5 Å². The zero-order valence-electron chi connectivity index (χ0n) is 12.9. The van der Waals surface area contributed by atoms with Crippen molar-refractivity contribution < 1.29 is 0 Å². The molecule has 0 saturated carbocycles. The summed E-state index contributed by atoms with van der Waals surface area (Å²) >= 11 is 0. The molecule has 1 saturated heterocycles. The highest BCUT2D eigenvalue weighted by Crippen LogP contribution is 2.09. The maximum Gasteiger partial charge on any atom is 0.250 e. The van der Waals surface area contributed by atoms with Crippen LogP contribution in [0.2, 0.25) is 0 Å². The molecule has 0 radical (unpaired) electrons. The fourth-order valence-corrected chi connectivity index (χ4v) is 2.83. The number of rotatable bonds is 5. The summed E-state index contributed by atoms with van der Waals surface area (Å²) < 4.78 is 1.76. The van der Waals surface area contributed by atoms with E-state index in [1.165, 1.54) is 11.1 Å². The second kappa shape index (κ2) is 7.38. The Morgan fingerprint density at radius 2 is 1.68 bits per heavy atom. The molecule has 4 nitrogen and oxygen atoms in total. The molecule has 1 aliphatic rings. The largest absolute Gasteiger partial charge is 0.315 e. The molecule has 1 fully saturated rings. The lowest BCUT2D eigenvalue weighted by atomic mass is 10.1. The van der Waals surface area contributed by atoms with Gasteiger partial charge in [-0.3, -0.25) is 9.69 Å². The predicted octanol–water partition coefficient (Wildman–Crippen LogP) is 1.50. The lowest BCUT2D eigenvalue weighted by molar-refractivity contribution is 0.233. The molecule has 0 aliphatic carbocycles. The van der Waals surface area contributed by atoms with E-state index in [1.807, 2.05) is 12.3 Å². The summed E-state index contributed by atoms with van der Waals surface area (Å²) in [4.78, 5) is 14.1. The average Bonchev–Trinajstić information content (AvgIpc) is 2.56. The van der Waals surface area contributed by atoms with Crippen molar-refractivity contribution in [3.05, 3.63) is 70.1 Å². The molecule has 1 aromatic carbocycles. The Kier molecular flexibility index (Phi) is 5.03. The Balaban J connectivity index is 1.55. The minimum atomic E-state index is 0.0674. The molecule has 0 atom stereocenters. The van der Waals surface area contributed by atoms with Crippen LogP contribution >= 0.6 is 0 Å². The molecule has 1 N–H and O–H groups in total. The van der Waals surface area contributed by atoms with Gasteiger partial charge in [0.15, 0.2) is 0 Å². The maximum atomic E-state index is 11.7. The van der Waals surface area contributed by atoms with Crippen LogP contribution in [-0.2, 0) is 19.5 Å². The number of benzene rings is 1. The highest BCUT2D eigenvalue weighted by atomic mass is 16.1. The summed E-state index contributed by atoms with van der Waals surface area (Å²) in [6, 6.07) is 14.1. The van der Waals surface area contributed by atoms with Crippen molar-refractivity contribution in [3.63, 3.8) is 0 Å². The van der Waals surface area contributed by atoms with Crippen molar-refractivity contribution in [2.24, 2.45) is 0 Å².